The lowest BCUT2D eigenvalue weighted by molar-refractivity contribution is 0.0532. The lowest BCUT2D eigenvalue weighted by Gasteiger charge is -2.34. The molecule has 8 heteroatoms. The predicted molar refractivity (Wildman–Crippen MR) is 108 cm³/mol. The minimum Gasteiger partial charge on any atom is -0.335 e. The summed E-state index contributed by atoms with van der Waals surface area (Å²) in [4.78, 5) is 59.1. The van der Waals surface area contributed by atoms with Crippen LogP contribution in [0.1, 0.15) is 55.4 Å². The van der Waals surface area contributed by atoms with Gasteiger partial charge in [0.15, 0.2) is 0 Å². The van der Waals surface area contributed by atoms with Gasteiger partial charge in [0, 0.05) is 44.0 Å². The van der Waals surface area contributed by atoms with E-state index in [2.05, 4.69) is 4.98 Å². The molecule has 2 aliphatic rings. The summed E-state index contributed by atoms with van der Waals surface area (Å²) in [5.41, 5.74) is 1.35. The van der Waals surface area contributed by atoms with Crippen LogP contribution < -0.4 is 0 Å². The highest BCUT2D eigenvalue weighted by Crippen LogP contribution is 2.26. The Morgan fingerprint density at radius 1 is 0.867 bits per heavy atom. The first-order valence-corrected chi connectivity index (χ1v) is 9.90. The Balaban J connectivity index is 1.45. The SMILES string of the molecule is CC(C)N1C(=O)c2ccc(C(=O)N3CCN(C(=O)c4ccccn4)CC3)cc2C1=O. The summed E-state index contributed by atoms with van der Waals surface area (Å²) in [5, 5.41) is 0. The van der Waals surface area contributed by atoms with Crippen molar-refractivity contribution in [1.29, 1.82) is 0 Å². The molecule has 2 aliphatic heterocycles. The average Bonchev–Trinajstić information content (AvgIpc) is 3.03. The number of nitrogens with zero attached hydrogens (tertiary/aromatic N) is 4. The van der Waals surface area contributed by atoms with E-state index in [9.17, 15) is 19.2 Å². The number of amides is 4. The highest BCUT2D eigenvalue weighted by molar-refractivity contribution is 6.22. The van der Waals surface area contributed by atoms with E-state index in [0.29, 0.717) is 43.0 Å². The highest BCUT2D eigenvalue weighted by Gasteiger charge is 2.38. The van der Waals surface area contributed by atoms with Crippen molar-refractivity contribution < 1.29 is 19.2 Å². The third kappa shape index (κ3) is 3.34. The second kappa shape index (κ2) is 7.70. The standard InChI is InChI=1S/C22H22N4O4/c1-14(2)26-20(28)16-7-6-15(13-17(16)21(26)29)19(27)24-9-11-25(12-10-24)22(30)18-5-3-4-8-23-18/h3-8,13-14H,9-12H2,1-2H3. The maximum atomic E-state index is 12.9. The maximum Gasteiger partial charge on any atom is 0.272 e. The molecule has 4 rings (SSSR count). The zero-order valence-electron chi connectivity index (χ0n) is 16.9. The Hall–Kier alpha value is -3.55. The molecule has 0 N–H and O–H groups in total. The number of hydrogen-bond donors (Lipinski definition) is 0. The first kappa shape index (κ1) is 19.8. The van der Waals surface area contributed by atoms with Crippen LogP contribution in [0.5, 0.6) is 0 Å². The van der Waals surface area contributed by atoms with Gasteiger partial charge in [0.25, 0.3) is 23.6 Å². The molecule has 1 saturated heterocycles. The van der Waals surface area contributed by atoms with E-state index in [1.54, 1.807) is 60.2 Å². The van der Waals surface area contributed by atoms with Gasteiger partial charge in [-0.15, -0.1) is 0 Å². The number of rotatable bonds is 3. The van der Waals surface area contributed by atoms with Gasteiger partial charge in [0.2, 0.25) is 0 Å². The molecule has 8 nitrogen and oxygen atoms in total. The van der Waals surface area contributed by atoms with Gasteiger partial charge in [0.1, 0.15) is 5.69 Å². The van der Waals surface area contributed by atoms with Crippen molar-refractivity contribution in [2.75, 3.05) is 26.2 Å². The largest absolute Gasteiger partial charge is 0.335 e. The van der Waals surface area contributed by atoms with Crippen LogP contribution in [0, 0.1) is 0 Å². The molecular weight excluding hydrogens is 384 g/mol. The van der Waals surface area contributed by atoms with Gasteiger partial charge >= 0.3 is 0 Å². The van der Waals surface area contributed by atoms with Crippen LogP contribution in [0.25, 0.3) is 0 Å². The number of hydrogen-bond acceptors (Lipinski definition) is 5. The summed E-state index contributed by atoms with van der Waals surface area (Å²) in [6.07, 6.45) is 1.58. The Bertz CT molecular complexity index is 1030. The Labute approximate surface area is 174 Å². The van der Waals surface area contributed by atoms with Gasteiger partial charge in [-0.2, -0.15) is 0 Å². The van der Waals surface area contributed by atoms with E-state index in [0.717, 1.165) is 0 Å². The molecule has 0 aliphatic carbocycles. The van der Waals surface area contributed by atoms with E-state index in [4.69, 9.17) is 0 Å². The van der Waals surface area contributed by atoms with Crippen molar-refractivity contribution in [1.82, 2.24) is 19.7 Å². The molecule has 1 aromatic heterocycles. The van der Waals surface area contributed by atoms with E-state index < -0.39 is 0 Å². The van der Waals surface area contributed by atoms with Crippen LogP contribution in [0.15, 0.2) is 42.6 Å². The van der Waals surface area contributed by atoms with Crippen molar-refractivity contribution in [2.45, 2.75) is 19.9 Å². The minimum atomic E-state index is -0.370. The fourth-order valence-corrected chi connectivity index (χ4v) is 3.81. The van der Waals surface area contributed by atoms with Gasteiger partial charge < -0.3 is 9.80 Å². The monoisotopic (exact) mass is 406 g/mol. The fraction of sp³-hybridized carbons (Fsp3) is 0.318. The normalized spacial score (nSPS) is 16.3. The quantitative estimate of drug-likeness (QED) is 0.724. The Morgan fingerprint density at radius 3 is 2.10 bits per heavy atom. The predicted octanol–water partition coefficient (Wildman–Crippen LogP) is 1.68. The van der Waals surface area contributed by atoms with E-state index >= 15 is 0 Å². The van der Waals surface area contributed by atoms with Gasteiger partial charge in [0.05, 0.1) is 11.1 Å². The molecule has 0 unspecified atom stereocenters. The summed E-state index contributed by atoms with van der Waals surface area (Å²) >= 11 is 0. The number of fused-ring (bicyclic) bond motifs is 1. The molecule has 0 radical (unpaired) electrons. The molecular formula is C22H22N4O4. The number of imide groups is 1. The van der Waals surface area contributed by atoms with Crippen LogP contribution in [0.2, 0.25) is 0 Å². The van der Waals surface area contributed by atoms with Crippen molar-refractivity contribution in [3.63, 3.8) is 0 Å². The highest BCUT2D eigenvalue weighted by atomic mass is 16.2. The second-order valence-electron chi connectivity index (χ2n) is 7.63. The molecule has 2 aromatic rings. The molecule has 0 bridgehead atoms. The smallest absolute Gasteiger partial charge is 0.272 e. The number of carbonyl (C=O) groups excluding carboxylic acids is 4. The second-order valence-corrected chi connectivity index (χ2v) is 7.63. The third-order valence-corrected chi connectivity index (χ3v) is 5.42. The summed E-state index contributed by atoms with van der Waals surface area (Å²) < 4.78 is 0. The number of aromatic nitrogens is 1. The van der Waals surface area contributed by atoms with E-state index in [-0.39, 0.29) is 35.2 Å². The Morgan fingerprint density at radius 2 is 1.50 bits per heavy atom. The summed E-state index contributed by atoms with van der Waals surface area (Å²) in [6, 6.07) is 9.58. The van der Waals surface area contributed by atoms with Crippen molar-refractivity contribution >= 4 is 23.6 Å². The summed E-state index contributed by atoms with van der Waals surface area (Å²) in [7, 11) is 0. The number of benzene rings is 1. The maximum absolute atomic E-state index is 12.9. The number of carbonyl (C=O) groups is 4. The molecule has 4 amide bonds. The molecule has 1 fully saturated rings. The fourth-order valence-electron chi connectivity index (χ4n) is 3.81. The summed E-state index contributed by atoms with van der Waals surface area (Å²) in [6.45, 7) is 5.15. The molecule has 30 heavy (non-hydrogen) atoms. The van der Waals surface area contributed by atoms with Gasteiger partial charge in [-0.3, -0.25) is 29.1 Å². The first-order valence-electron chi connectivity index (χ1n) is 9.90. The van der Waals surface area contributed by atoms with Crippen molar-refractivity contribution in [3.05, 3.63) is 65.0 Å². The van der Waals surface area contributed by atoms with Gasteiger partial charge in [-0.05, 0) is 44.2 Å². The lowest BCUT2D eigenvalue weighted by atomic mass is 10.0. The molecule has 0 saturated carbocycles. The molecule has 154 valence electrons. The molecule has 1 aromatic carbocycles. The molecule has 0 spiro atoms. The van der Waals surface area contributed by atoms with Crippen LogP contribution in [0.4, 0.5) is 0 Å². The lowest BCUT2D eigenvalue weighted by Crippen LogP contribution is -2.50. The van der Waals surface area contributed by atoms with E-state index in [1.165, 1.54) is 11.0 Å². The molecule has 0 atom stereocenters. The van der Waals surface area contributed by atoms with Crippen LogP contribution in [0.3, 0.4) is 0 Å². The van der Waals surface area contributed by atoms with Gasteiger partial charge in [-0.1, -0.05) is 6.07 Å². The van der Waals surface area contributed by atoms with Crippen LogP contribution in [-0.2, 0) is 0 Å². The van der Waals surface area contributed by atoms with Crippen LogP contribution in [-0.4, -0.2) is 75.5 Å². The third-order valence-electron chi connectivity index (χ3n) is 5.42. The van der Waals surface area contributed by atoms with Crippen LogP contribution >= 0.6 is 0 Å². The topological polar surface area (TPSA) is 90.9 Å². The minimum absolute atomic E-state index is 0.155. The first-order chi connectivity index (χ1) is 14.4. The summed E-state index contributed by atoms with van der Waals surface area (Å²) in [5.74, 6) is -1.07. The zero-order valence-corrected chi connectivity index (χ0v) is 16.9. The van der Waals surface area contributed by atoms with E-state index in [1.807, 2.05) is 0 Å². The Kier molecular flexibility index (Phi) is 5.07. The molecule has 3 heterocycles. The average molecular weight is 406 g/mol. The number of pyridine rings is 1. The van der Waals surface area contributed by atoms with Crippen molar-refractivity contribution in [3.8, 4) is 0 Å². The number of piperazine rings is 1. The van der Waals surface area contributed by atoms with Gasteiger partial charge in [-0.25, -0.2) is 0 Å². The zero-order chi connectivity index (χ0) is 21.4. The van der Waals surface area contributed by atoms with Crippen molar-refractivity contribution in [2.24, 2.45) is 0 Å².